The molecule has 0 radical (unpaired) electrons. The van der Waals surface area contributed by atoms with Crippen LogP contribution in [0.5, 0.6) is 0 Å². The van der Waals surface area contributed by atoms with Crippen LogP contribution < -0.4 is 0 Å². The number of aliphatic hydroxyl groups is 1. The van der Waals surface area contributed by atoms with Crippen molar-refractivity contribution in [2.45, 2.75) is 50.5 Å². The Morgan fingerprint density at radius 2 is 1.75 bits per heavy atom. The molecule has 0 amide bonds. The molecule has 1 aliphatic carbocycles. The van der Waals surface area contributed by atoms with Gasteiger partial charge in [0.1, 0.15) is 5.82 Å². The van der Waals surface area contributed by atoms with Crippen LogP contribution in [0.4, 0.5) is 4.39 Å². The third kappa shape index (κ3) is 5.89. The maximum Gasteiger partial charge on any atom is 0.123 e. The van der Waals surface area contributed by atoms with Crippen LogP contribution in [0.25, 0.3) is 0 Å². The summed E-state index contributed by atoms with van der Waals surface area (Å²) in [6, 6.07) is 17.5. The van der Waals surface area contributed by atoms with Gasteiger partial charge in [-0.15, -0.1) is 0 Å². The third-order valence-electron chi connectivity index (χ3n) is 6.30. The maximum atomic E-state index is 13.2. The van der Waals surface area contributed by atoms with Gasteiger partial charge in [-0.05, 0) is 88.2 Å². The lowest BCUT2D eigenvalue weighted by molar-refractivity contribution is -0.0759. The van der Waals surface area contributed by atoms with E-state index >= 15 is 0 Å². The second-order valence-electron chi connectivity index (χ2n) is 8.87. The van der Waals surface area contributed by atoms with Gasteiger partial charge in [-0.2, -0.15) is 0 Å². The van der Waals surface area contributed by atoms with Crippen molar-refractivity contribution in [3.63, 3.8) is 0 Å². The molecule has 3 heteroatoms. The molecular weight excluding hydrogens is 349 g/mol. The number of halogens is 1. The summed E-state index contributed by atoms with van der Waals surface area (Å²) in [5.74, 6) is 0.674. The Labute approximate surface area is 169 Å². The smallest absolute Gasteiger partial charge is 0.123 e. The molecule has 2 aromatic carbocycles. The zero-order chi connectivity index (χ0) is 20.0. The summed E-state index contributed by atoms with van der Waals surface area (Å²) in [7, 11) is 4.18. The molecule has 0 heterocycles. The largest absolute Gasteiger partial charge is 0.390 e. The van der Waals surface area contributed by atoms with Crippen LogP contribution in [-0.4, -0.2) is 36.2 Å². The first kappa shape index (κ1) is 21.0. The van der Waals surface area contributed by atoms with Crippen LogP contribution >= 0.6 is 0 Å². The molecule has 0 spiro atoms. The summed E-state index contributed by atoms with van der Waals surface area (Å²) >= 11 is 0. The Bertz CT molecular complexity index is 715. The lowest BCUT2D eigenvalue weighted by atomic mass is 9.67. The van der Waals surface area contributed by atoms with E-state index in [4.69, 9.17) is 0 Å². The molecule has 28 heavy (non-hydrogen) atoms. The first-order valence-electron chi connectivity index (χ1n) is 10.6. The van der Waals surface area contributed by atoms with E-state index in [2.05, 4.69) is 43.3 Å². The van der Waals surface area contributed by atoms with Crippen molar-refractivity contribution in [3.8, 4) is 0 Å². The van der Waals surface area contributed by atoms with Crippen molar-refractivity contribution < 1.29 is 9.50 Å². The maximum absolute atomic E-state index is 13.2. The molecule has 3 atom stereocenters. The van der Waals surface area contributed by atoms with E-state index in [1.54, 1.807) is 12.1 Å². The van der Waals surface area contributed by atoms with E-state index < -0.39 is 5.60 Å². The van der Waals surface area contributed by atoms with Gasteiger partial charge in [-0.3, -0.25) is 0 Å². The normalized spacial score (nSPS) is 25.2. The van der Waals surface area contributed by atoms with Gasteiger partial charge < -0.3 is 10.0 Å². The predicted octanol–water partition coefficient (Wildman–Crippen LogP) is 5.10. The highest BCUT2D eigenvalue weighted by Gasteiger charge is 2.41. The van der Waals surface area contributed by atoms with Crippen molar-refractivity contribution >= 4 is 0 Å². The lowest BCUT2D eigenvalue weighted by Gasteiger charge is -2.44. The molecule has 3 rings (SSSR count). The summed E-state index contributed by atoms with van der Waals surface area (Å²) in [4.78, 5) is 2.20. The molecule has 0 bridgehead atoms. The topological polar surface area (TPSA) is 23.5 Å². The van der Waals surface area contributed by atoms with Gasteiger partial charge in [-0.25, -0.2) is 4.39 Å². The second kappa shape index (κ2) is 9.67. The van der Waals surface area contributed by atoms with Gasteiger partial charge in [0.05, 0.1) is 5.60 Å². The summed E-state index contributed by atoms with van der Waals surface area (Å²) < 4.78 is 13.2. The first-order valence-corrected chi connectivity index (χ1v) is 10.6. The molecule has 2 aromatic rings. The molecule has 3 unspecified atom stereocenters. The van der Waals surface area contributed by atoms with Crippen LogP contribution in [0.1, 0.15) is 43.2 Å². The van der Waals surface area contributed by atoms with Gasteiger partial charge in [0.2, 0.25) is 0 Å². The third-order valence-corrected chi connectivity index (χ3v) is 6.30. The van der Waals surface area contributed by atoms with Gasteiger partial charge >= 0.3 is 0 Å². The summed E-state index contributed by atoms with van der Waals surface area (Å²) in [5.41, 5.74) is 1.98. The highest BCUT2D eigenvalue weighted by atomic mass is 19.1. The molecule has 1 aliphatic rings. The van der Waals surface area contributed by atoms with Crippen LogP contribution in [0.15, 0.2) is 54.6 Å². The Morgan fingerprint density at radius 3 is 2.43 bits per heavy atom. The molecule has 1 saturated carbocycles. The van der Waals surface area contributed by atoms with Gasteiger partial charge in [0, 0.05) is 12.5 Å². The molecule has 1 fully saturated rings. The Balaban J connectivity index is 1.60. The zero-order valence-corrected chi connectivity index (χ0v) is 17.3. The van der Waals surface area contributed by atoms with Crippen LogP contribution in [0.3, 0.4) is 0 Å². The first-order chi connectivity index (χ1) is 13.4. The van der Waals surface area contributed by atoms with Crippen molar-refractivity contribution in [2.75, 3.05) is 20.6 Å². The quantitative estimate of drug-likeness (QED) is 0.685. The summed E-state index contributed by atoms with van der Waals surface area (Å²) in [6.45, 7) is 0.918. The lowest BCUT2D eigenvalue weighted by Crippen LogP contribution is -2.47. The fourth-order valence-electron chi connectivity index (χ4n) is 4.79. The van der Waals surface area contributed by atoms with Crippen molar-refractivity contribution in [2.24, 2.45) is 11.8 Å². The van der Waals surface area contributed by atoms with E-state index in [0.717, 1.165) is 51.5 Å². The fourth-order valence-corrected chi connectivity index (χ4v) is 4.79. The fraction of sp³-hybridized carbons (Fsp3) is 0.520. The van der Waals surface area contributed by atoms with E-state index in [1.807, 2.05) is 18.2 Å². The SMILES string of the molecule is CN(C)CC1CC(Cc2ccc(F)cc2)CCC1(O)CCCc1ccccc1. The number of hydrogen-bond donors (Lipinski definition) is 1. The number of benzene rings is 2. The average Bonchev–Trinajstić information content (AvgIpc) is 2.67. The number of nitrogens with zero attached hydrogens (tertiary/aromatic N) is 1. The van der Waals surface area contributed by atoms with E-state index in [1.165, 1.54) is 11.1 Å². The summed E-state index contributed by atoms with van der Waals surface area (Å²) in [6.07, 6.45) is 6.84. The summed E-state index contributed by atoms with van der Waals surface area (Å²) in [5, 5.41) is 11.5. The minimum absolute atomic E-state index is 0.175. The Hall–Kier alpha value is -1.71. The second-order valence-corrected chi connectivity index (χ2v) is 8.87. The standard InChI is InChI=1S/C25H34FNO/c1-27(2)19-23-18-22(17-21-10-12-24(26)13-11-21)14-16-25(23,28)15-6-9-20-7-4-3-5-8-20/h3-5,7-8,10-13,22-23,28H,6,9,14-19H2,1-2H3. The van der Waals surface area contributed by atoms with Crippen molar-refractivity contribution in [3.05, 3.63) is 71.5 Å². The highest BCUT2D eigenvalue weighted by molar-refractivity contribution is 5.17. The average molecular weight is 384 g/mol. The molecule has 0 saturated heterocycles. The molecule has 0 aromatic heterocycles. The Kier molecular flexibility index (Phi) is 7.25. The van der Waals surface area contributed by atoms with Crippen molar-refractivity contribution in [1.82, 2.24) is 4.90 Å². The Morgan fingerprint density at radius 1 is 1.04 bits per heavy atom. The predicted molar refractivity (Wildman–Crippen MR) is 114 cm³/mol. The molecular formula is C25H34FNO. The highest BCUT2D eigenvalue weighted by Crippen LogP contribution is 2.41. The minimum Gasteiger partial charge on any atom is -0.390 e. The van der Waals surface area contributed by atoms with E-state index in [0.29, 0.717) is 5.92 Å². The number of hydrogen-bond acceptors (Lipinski definition) is 2. The van der Waals surface area contributed by atoms with E-state index in [-0.39, 0.29) is 11.7 Å². The van der Waals surface area contributed by atoms with Crippen molar-refractivity contribution in [1.29, 1.82) is 0 Å². The van der Waals surface area contributed by atoms with Crippen LogP contribution in [0.2, 0.25) is 0 Å². The van der Waals surface area contributed by atoms with Gasteiger partial charge in [-0.1, -0.05) is 42.5 Å². The molecule has 1 N–H and O–H groups in total. The number of aryl methyl sites for hydroxylation is 1. The van der Waals surface area contributed by atoms with Crippen LogP contribution in [-0.2, 0) is 12.8 Å². The van der Waals surface area contributed by atoms with Gasteiger partial charge in [0.15, 0.2) is 0 Å². The molecule has 2 nitrogen and oxygen atoms in total. The monoisotopic (exact) mass is 383 g/mol. The molecule has 152 valence electrons. The van der Waals surface area contributed by atoms with Crippen LogP contribution in [0, 0.1) is 17.7 Å². The van der Waals surface area contributed by atoms with Gasteiger partial charge in [0.25, 0.3) is 0 Å². The zero-order valence-electron chi connectivity index (χ0n) is 17.3. The number of rotatable bonds is 8. The minimum atomic E-state index is -0.571. The van der Waals surface area contributed by atoms with E-state index in [9.17, 15) is 9.50 Å². The molecule has 0 aliphatic heterocycles.